The van der Waals surface area contributed by atoms with Gasteiger partial charge in [-0.05, 0) is 32.9 Å². The molecule has 0 heterocycles. The summed E-state index contributed by atoms with van der Waals surface area (Å²) in [6.07, 6.45) is -0.697. The molecule has 1 unspecified atom stereocenters. The van der Waals surface area contributed by atoms with E-state index in [1.54, 1.807) is 18.2 Å². The Balaban J connectivity index is 2.67. The van der Waals surface area contributed by atoms with Gasteiger partial charge in [0, 0.05) is 6.07 Å². The van der Waals surface area contributed by atoms with E-state index in [1.807, 2.05) is 13.8 Å². The first-order chi connectivity index (χ1) is 9.43. The lowest BCUT2D eigenvalue weighted by Crippen LogP contribution is -2.25. The van der Waals surface area contributed by atoms with Crippen molar-refractivity contribution in [2.24, 2.45) is 0 Å². The molecule has 0 aromatic heterocycles. The van der Waals surface area contributed by atoms with E-state index in [0.717, 1.165) is 0 Å². The molecule has 1 aromatic carbocycles. The minimum atomic E-state index is -0.747. The molecule has 5 heteroatoms. The van der Waals surface area contributed by atoms with Gasteiger partial charge in [-0.15, -0.1) is 0 Å². The number of hydrogen-bond acceptors (Lipinski definition) is 5. The molecule has 0 saturated heterocycles. The third kappa shape index (κ3) is 5.19. The second kappa shape index (κ2) is 7.87. The Hall–Kier alpha value is -1.59. The summed E-state index contributed by atoms with van der Waals surface area (Å²) < 4.78 is 15.9. The third-order valence-corrected chi connectivity index (χ3v) is 2.62. The molecule has 0 aliphatic rings. The monoisotopic (exact) mass is 282 g/mol. The predicted molar refractivity (Wildman–Crippen MR) is 75.6 cm³/mol. The highest BCUT2D eigenvalue weighted by molar-refractivity contribution is 5.97. The average molecular weight is 282 g/mol. The maximum absolute atomic E-state index is 11.5. The molecule has 0 bridgehead atoms. The first kappa shape index (κ1) is 16.5. The standard InChI is InChI=1S/C15H22O5/c1-10(2)19-8-12(17)9-20-15-7-13(18-4)5-6-14(15)11(3)16/h5-7,10,12,17H,8-9H2,1-4H3. The fraction of sp³-hybridized carbons (Fsp3) is 0.533. The lowest BCUT2D eigenvalue weighted by Gasteiger charge is -2.16. The van der Waals surface area contributed by atoms with Gasteiger partial charge >= 0.3 is 0 Å². The maximum atomic E-state index is 11.5. The zero-order chi connectivity index (χ0) is 15.1. The number of aliphatic hydroxyl groups excluding tert-OH is 1. The van der Waals surface area contributed by atoms with Crippen molar-refractivity contribution in [1.29, 1.82) is 0 Å². The van der Waals surface area contributed by atoms with Crippen molar-refractivity contribution in [2.75, 3.05) is 20.3 Å². The number of Topliss-reactive ketones (excluding diaryl/α,β-unsaturated/α-hetero) is 1. The van der Waals surface area contributed by atoms with E-state index in [4.69, 9.17) is 14.2 Å². The number of hydrogen-bond donors (Lipinski definition) is 1. The van der Waals surface area contributed by atoms with Crippen molar-refractivity contribution >= 4 is 5.78 Å². The molecule has 0 fully saturated rings. The van der Waals surface area contributed by atoms with E-state index < -0.39 is 6.10 Å². The molecular formula is C15H22O5. The number of aliphatic hydroxyl groups is 1. The van der Waals surface area contributed by atoms with Crippen LogP contribution in [0.15, 0.2) is 18.2 Å². The molecule has 20 heavy (non-hydrogen) atoms. The van der Waals surface area contributed by atoms with E-state index in [1.165, 1.54) is 14.0 Å². The van der Waals surface area contributed by atoms with Gasteiger partial charge in [0.25, 0.3) is 0 Å². The van der Waals surface area contributed by atoms with Gasteiger partial charge < -0.3 is 19.3 Å². The van der Waals surface area contributed by atoms with Gasteiger partial charge in [-0.1, -0.05) is 0 Å². The van der Waals surface area contributed by atoms with Crippen LogP contribution in [0.25, 0.3) is 0 Å². The van der Waals surface area contributed by atoms with Crippen molar-refractivity contribution in [1.82, 2.24) is 0 Å². The van der Waals surface area contributed by atoms with Crippen LogP contribution in [0.2, 0.25) is 0 Å². The Morgan fingerprint density at radius 2 is 2.00 bits per heavy atom. The Morgan fingerprint density at radius 3 is 2.55 bits per heavy atom. The van der Waals surface area contributed by atoms with Crippen molar-refractivity contribution in [3.63, 3.8) is 0 Å². The number of benzene rings is 1. The van der Waals surface area contributed by atoms with Gasteiger partial charge in [0.15, 0.2) is 5.78 Å². The number of ketones is 1. The Bertz CT molecular complexity index is 442. The van der Waals surface area contributed by atoms with E-state index in [-0.39, 0.29) is 25.1 Å². The first-order valence-electron chi connectivity index (χ1n) is 6.55. The van der Waals surface area contributed by atoms with Crippen molar-refractivity contribution in [3.8, 4) is 11.5 Å². The summed E-state index contributed by atoms with van der Waals surface area (Å²) in [5, 5.41) is 9.75. The number of methoxy groups -OCH3 is 1. The second-order valence-corrected chi connectivity index (χ2v) is 4.77. The van der Waals surface area contributed by atoms with Gasteiger partial charge in [-0.25, -0.2) is 0 Å². The van der Waals surface area contributed by atoms with Gasteiger partial charge in [-0.2, -0.15) is 0 Å². The molecule has 1 N–H and O–H groups in total. The van der Waals surface area contributed by atoms with Crippen LogP contribution < -0.4 is 9.47 Å². The summed E-state index contributed by atoms with van der Waals surface area (Å²) in [7, 11) is 1.54. The van der Waals surface area contributed by atoms with Gasteiger partial charge in [0.05, 0.1) is 25.4 Å². The van der Waals surface area contributed by atoms with E-state index in [2.05, 4.69) is 0 Å². The predicted octanol–water partition coefficient (Wildman–Crippen LogP) is 2.06. The van der Waals surface area contributed by atoms with E-state index in [9.17, 15) is 9.90 Å². The Kier molecular flexibility index (Phi) is 6.48. The molecule has 0 aliphatic heterocycles. The summed E-state index contributed by atoms with van der Waals surface area (Å²) in [5.74, 6) is 0.897. The van der Waals surface area contributed by atoms with Crippen LogP contribution in [-0.4, -0.2) is 43.4 Å². The third-order valence-electron chi connectivity index (χ3n) is 2.62. The number of carbonyl (C=O) groups is 1. The minimum Gasteiger partial charge on any atom is -0.497 e. The van der Waals surface area contributed by atoms with Gasteiger partial charge in [0.1, 0.15) is 24.2 Å². The fourth-order valence-corrected chi connectivity index (χ4v) is 1.58. The van der Waals surface area contributed by atoms with Gasteiger partial charge in [-0.3, -0.25) is 4.79 Å². The van der Waals surface area contributed by atoms with Crippen LogP contribution in [0.3, 0.4) is 0 Å². The van der Waals surface area contributed by atoms with Crippen molar-refractivity contribution < 1.29 is 24.1 Å². The van der Waals surface area contributed by atoms with E-state index in [0.29, 0.717) is 17.1 Å². The fourth-order valence-electron chi connectivity index (χ4n) is 1.58. The van der Waals surface area contributed by atoms with Crippen molar-refractivity contribution in [3.05, 3.63) is 23.8 Å². The molecule has 112 valence electrons. The molecule has 1 atom stereocenters. The highest BCUT2D eigenvalue weighted by atomic mass is 16.5. The second-order valence-electron chi connectivity index (χ2n) is 4.77. The van der Waals surface area contributed by atoms with Crippen LogP contribution in [0.5, 0.6) is 11.5 Å². The van der Waals surface area contributed by atoms with E-state index >= 15 is 0 Å². The van der Waals surface area contributed by atoms with Crippen LogP contribution >= 0.6 is 0 Å². The summed E-state index contributed by atoms with van der Waals surface area (Å²) in [4.78, 5) is 11.5. The molecule has 1 aromatic rings. The zero-order valence-electron chi connectivity index (χ0n) is 12.4. The summed E-state index contributed by atoms with van der Waals surface area (Å²) >= 11 is 0. The highest BCUT2D eigenvalue weighted by Gasteiger charge is 2.13. The molecule has 5 nitrogen and oxygen atoms in total. The topological polar surface area (TPSA) is 65.0 Å². The van der Waals surface area contributed by atoms with Crippen LogP contribution in [0, 0.1) is 0 Å². The average Bonchev–Trinajstić information content (AvgIpc) is 2.42. The Morgan fingerprint density at radius 1 is 1.30 bits per heavy atom. The molecule has 0 aliphatic carbocycles. The zero-order valence-corrected chi connectivity index (χ0v) is 12.4. The molecule has 0 amide bonds. The number of ether oxygens (including phenoxy) is 3. The molecule has 0 spiro atoms. The van der Waals surface area contributed by atoms with Crippen LogP contribution in [0.1, 0.15) is 31.1 Å². The van der Waals surface area contributed by atoms with Crippen LogP contribution in [-0.2, 0) is 4.74 Å². The van der Waals surface area contributed by atoms with Gasteiger partial charge in [0.2, 0.25) is 0 Å². The SMILES string of the molecule is COc1ccc(C(C)=O)c(OCC(O)COC(C)C)c1. The largest absolute Gasteiger partial charge is 0.497 e. The summed E-state index contributed by atoms with van der Waals surface area (Å²) in [5.41, 5.74) is 0.461. The summed E-state index contributed by atoms with van der Waals surface area (Å²) in [6.45, 7) is 5.50. The maximum Gasteiger partial charge on any atom is 0.163 e. The molecule has 0 radical (unpaired) electrons. The highest BCUT2D eigenvalue weighted by Crippen LogP contribution is 2.25. The molecule has 0 saturated carbocycles. The number of carbonyl (C=O) groups excluding carboxylic acids is 1. The Labute approximate surface area is 119 Å². The lowest BCUT2D eigenvalue weighted by atomic mass is 10.1. The quantitative estimate of drug-likeness (QED) is 0.739. The summed E-state index contributed by atoms with van der Waals surface area (Å²) in [6, 6.07) is 4.97. The van der Waals surface area contributed by atoms with Crippen LogP contribution in [0.4, 0.5) is 0 Å². The lowest BCUT2D eigenvalue weighted by molar-refractivity contribution is -0.0123. The van der Waals surface area contributed by atoms with Crippen molar-refractivity contribution in [2.45, 2.75) is 33.0 Å². The molecular weight excluding hydrogens is 260 g/mol. The first-order valence-corrected chi connectivity index (χ1v) is 6.55. The normalized spacial score (nSPS) is 12.3. The smallest absolute Gasteiger partial charge is 0.163 e. The molecule has 1 rings (SSSR count). The minimum absolute atomic E-state index is 0.0502. The number of rotatable bonds is 8.